The highest BCUT2D eigenvalue weighted by atomic mass is 16.4. The molecule has 1 atom stereocenters. The van der Waals surface area contributed by atoms with Crippen LogP contribution in [0.2, 0.25) is 0 Å². The second kappa shape index (κ2) is 6.33. The SMILES string of the molecule is Cc1ccc(C(=O)O)cc1C1(c2ccc(NCC3CC3)nc2)C=NN=N1. The lowest BCUT2D eigenvalue weighted by molar-refractivity contribution is 0.0696. The number of aryl methyl sites for hydroxylation is 1. The fourth-order valence-electron chi connectivity index (χ4n) is 3.10. The van der Waals surface area contributed by atoms with Crippen molar-refractivity contribution in [3.8, 4) is 0 Å². The van der Waals surface area contributed by atoms with Gasteiger partial charge in [0.25, 0.3) is 0 Å². The number of hydrogen-bond acceptors (Lipinski definition) is 6. The van der Waals surface area contributed by atoms with E-state index < -0.39 is 11.5 Å². The minimum Gasteiger partial charge on any atom is -0.478 e. The monoisotopic (exact) mass is 349 g/mol. The standard InChI is InChI=1S/C19H19N5O2/c1-12-2-5-14(18(25)26)8-16(12)19(11-22-24-23-19)15-6-7-17(21-10-15)20-9-13-3-4-13/h2,5-8,10-11,13H,3-4,9H2,1H3,(H,20,21)(H,25,26). The second-order valence-corrected chi connectivity index (χ2v) is 6.79. The van der Waals surface area contributed by atoms with Crippen LogP contribution in [-0.2, 0) is 5.54 Å². The summed E-state index contributed by atoms with van der Waals surface area (Å²) < 4.78 is 0. The maximum atomic E-state index is 11.4. The molecule has 1 unspecified atom stereocenters. The quantitative estimate of drug-likeness (QED) is 0.832. The highest BCUT2D eigenvalue weighted by Crippen LogP contribution is 2.37. The van der Waals surface area contributed by atoms with Gasteiger partial charge >= 0.3 is 5.97 Å². The molecule has 1 aliphatic heterocycles. The number of benzene rings is 1. The van der Waals surface area contributed by atoms with Gasteiger partial charge < -0.3 is 10.4 Å². The summed E-state index contributed by atoms with van der Waals surface area (Å²) in [6.45, 7) is 2.86. The summed E-state index contributed by atoms with van der Waals surface area (Å²) in [5, 5.41) is 24.7. The Hall–Kier alpha value is -3.09. The first-order chi connectivity index (χ1) is 12.6. The van der Waals surface area contributed by atoms with Gasteiger partial charge in [-0.3, -0.25) is 0 Å². The van der Waals surface area contributed by atoms with Gasteiger partial charge in [0, 0.05) is 18.3 Å². The largest absolute Gasteiger partial charge is 0.478 e. The maximum Gasteiger partial charge on any atom is 0.335 e. The van der Waals surface area contributed by atoms with Crippen LogP contribution in [0.1, 0.15) is 39.9 Å². The van der Waals surface area contributed by atoms with E-state index >= 15 is 0 Å². The summed E-state index contributed by atoms with van der Waals surface area (Å²) >= 11 is 0. The normalized spacial score (nSPS) is 21.1. The van der Waals surface area contributed by atoms with Crippen LogP contribution < -0.4 is 5.32 Å². The third kappa shape index (κ3) is 2.96. The number of nitrogens with zero attached hydrogens (tertiary/aromatic N) is 4. The number of anilines is 1. The van der Waals surface area contributed by atoms with Crippen molar-refractivity contribution in [1.82, 2.24) is 4.98 Å². The van der Waals surface area contributed by atoms with Crippen molar-refractivity contribution in [2.75, 3.05) is 11.9 Å². The van der Waals surface area contributed by atoms with Gasteiger partial charge in [-0.15, -0.1) is 10.2 Å². The number of aromatic carboxylic acids is 1. The van der Waals surface area contributed by atoms with Gasteiger partial charge in [-0.2, -0.15) is 0 Å². The molecule has 7 heteroatoms. The molecular formula is C19H19N5O2. The smallest absolute Gasteiger partial charge is 0.335 e. The van der Waals surface area contributed by atoms with E-state index in [1.807, 2.05) is 19.1 Å². The number of carbonyl (C=O) groups is 1. The van der Waals surface area contributed by atoms with Crippen LogP contribution >= 0.6 is 0 Å². The zero-order valence-corrected chi connectivity index (χ0v) is 14.4. The number of carboxylic acid groups (broad SMARTS) is 1. The average Bonchev–Trinajstić information content (AvgIpc) is 3.35. The van der Waals surface area contributed by atoms with E-state index in [0.717, 1.165) is 35.0 Å². The number of hydrogen-bond donors (Lipinski definition) is 2. The summed E-state index contributed by atoms with van der Waals surface area (Å²) in [5.41, 5.74) is 1.71. The third-order valence-corrected chi connectivity index (χ3v) is 4.87. The first-order valence-electron chi connectivity index (χ1n) is 8.60. The number of aromatic nitrogens is 1. The number of rotatable bonds is 6. The van der Waals surface area contributed by atoms with E-state index in [4.69, 9.17) is 0 Å². The highest BCUT2D eigenvalue weighted by Gasteiger charge is 2.38. The van der Waals surface area contributed by atoms with Gasteiger partial charge in [-0.05, 0) is 60.2 Å². The van der Waals surface area contributed by atoms with Crippen molar-refractivity contribution in [1.29, 1.82) is 0 Å². The van der Waals surface area contributed by atoms with Gasteiger partial charge in [-0.1, -0.05) is 12.1 Å². The van der Waals surface area contributed by atoms with Crippen molar-refractivity contribution in [2.24, 2.45) is 21.4 Å². The van der Waals surface area contributed by atoms with Gasteiger partial charge in [0.2, 0.25) is 0 Å². The van der Waals surface area contributed by atoms with Crippen LogP contribution in [0.4, 0.5) is 5.82 Å². The lowest BCUT2D eigenvalue weighted by Crippen LogP contribution is -2.27. The van der Waals surface area contributed by atoms with Crippen LogP contribution in [0.5, 0.6) is 0 Å². The van der Waals surface area contributed by atoms with E-state index in [1.165, 1.54) is 12.8 Å². The zero-order chi connectivity index (χ0) is 18.1. The van der Waals surface area contributed by atoms with Gasteiger partial charge in [0.1, 0.15) is 5.82 Å². The average molecular weight is 349 g/mol. The Morgan fingerprint density at radius 2 is 2.15 bits per heavy atom. The molecule has 4 rings (SSSR count). The molecule has 0 saturated heterocycles. The van der Waals surface area contributed by atoms with Gasteiger partial charge in [0.05, 0.1) is 11.8 Å². The van der Waals surface area contributed by atoms with Crippen molar-refractivity contribution in [3.63, 3.8) is 0 Å². The number of carboxylic acids is 1. The Balaban J connectivity index is 1.71. The minimum atomic E-state index is -0.981. The van der Waals surface area contributed by atoms with Gasteiger partial charge in [0.15, 0.2) is 5.54 Å². The zero-order valence-electron chi connectivity index (χ0n) is 14.4. The second-order valence-electron chi connectivity index (χ2n) is 6.79. The summed E-state index contributed by atoms with van der Waals surface area (Å²) in [4.78, 5) is 15.9. The highest BCUT2D eigenvalue weighted by molar-refractivity contribution is 5.89. The van der Waals surface area contributed by atoms with E-state index in [9.17, 15) is 9.90 Å². The van der Waals surface area contributed by atoms with Crippen LogP contribution in [-0.4, -0.2) is 28.8 Å². The van der Waals surface area contributed by atoms with Crippen molar-refractivity contribution >= 4 is 18.0 Å². The minimum absolute atomic E-state index is 0.205. The van der Waals surface area contributed by atoms with E-state index in [0.29, 0.717) is 0 Å². The Bertz CT molecular complexity index is 889. The molecule has 1 aliphatic carbocycles. The third-order valence-electron chi connectivity index (χ3n) is 4.87. The molecule has 0 spiro atoms. The summed E-state index contributed by atoms with van der Waals surface area (Å²) in [5.74, 6) is 0.602. The Morgan fingerprint density at radius 3 is 2.77 bits per heavy atom. The molecule has 1 saturated carbocycles. The molecule has 1 aromatic heterocycles. The molecule has 2 aromatic rings. The molecular weight excluding hydrogens is 330 g/mol. The molecule has 2 heterocycles. The van der Waals surface area contributed by atoms with Crippen LogP contribution in [0, 0.1) is 12.8 Å². The molecule has 26 heavy (non-hydrogen) atoms. The number of pyridine rings is 1. The maximum absolute atomic E-state index is 11.4. The molecule has 0 radical (unpaired) electrons. The molecule has 2 aliphatic rings. The summed E-state index contributed by atoms with van der Waals surface area (Å²) in [6, 6.07) is 8.85. The molecule has 1 aromatic carbocycles. The number of nitrogens with one attached hydrogen (secondary N) is 1. The van der Waals surface area contributed by atoms with Crippen LogP contribution in [0.3, 0.4) is 0 Å². The summed E-state index contributed by atoms with van der Waals surface area (Å²) in [6.07, 6.45) is 5.95. The van der Waals surface area contributed by atoms with Crippen molar-refractivity contribution < 1.29 is 9.90 Å². The molecule has 0 bridgehead atoms. The Kier molecular flexibility index (Phi) is 3.99. The molecule has 7 nitrogen and oxygen atoms in total. The summed E-state index contributed by atoms with van der Waals surface area (Å²) in [7, 11) is 0. The fraction of sp³-hybridized carbons (Fsp3) is 0.316. The lowest BCUT2D eigenvalue weighted by Gasteiger charge is -2.24. The molecule has 1 fully saturated rings. The van der Waals surface area contributed by atoms with Crippen molar-refractivity contribution in [3.05, 3.63) is 58.8 Å². The first kappa shape index (κ1) is 16.4. The van der Waals surface area contributed by atoms with Gasteiger partial charge in [-0.25, -0.2) is 9.78 Å². The van der Waals surface area contributed by atoms with E-state index in [-0.39, 0.29) is 5.56 Å². The van der Waals surface area contributed by atoms with Crippen LogP contribution in [0.15, 0.2) is 52.0 Å². The molecule has 132 valence electrons. The first-order valence-corrected chi connectivity index (χ1v) is 8.60. The lowest BCUT2D eigenvalue weighted by atomic mass is 9.82. The molecule has 0 amide bonds. The fourth-order valence-corrected chi connectivity index (χ4v) is 3.10. The molecule has 2 N–H and O–H groups in total. The Labute approximate surface area is 150 Å². The predicted octanol–water partition coefficient (Wildman–Crippen LogP) is 3.61. The van der Waals surface area contributed by atoms with Crippen LogP contribution in [0.25, 0.3) is 0 Å². The predicted molar refractivity (Wildman–Crippen MR) is 97.7 cm³/mol. The van der Waals surface area contributed by atoms with Crippen molar-refractivity contribution in [2.45, 2.75) is 25.3 Å². The van der Waals surface area contributed by atoms with E-state index in [1.54, 1.807) is 30.6 Å². The topological polar surface area (TPSA) is 99.3 Å². The Morgan fingerprint density at radius 1 is 1.31 bits per heavy atom. The van der Waals surface area contributed by atoms with E-state index in [2.05, 4.69) is 25.7 Å².